The molecule has 5 unspecified atom stereocenters. The Kier molecular flexibility index (Phi) is 8.83. The Morgan fingerprint density at radius 1 is 1.00 bits per heavy atom. The van der Waals surface area contributed by atoms with Crippen molar-refractivity contribution in [3.8, 4) is 0 Å². The van der Waals surface area contributed by atoms with Gasteiger partial charge in [-0.2, -0.15) is 0 Å². The number of hydrogen-bond donors (Lipinski definition) is 1. The molecule has 0 aromatic carbocycles. The van der Waals surface area contributed by atoms with Crippen LogP contribution in [0.2, 0.25) is 0 Å². The number of carbonyl (C=O) groups excluding carboxylic acids is 2. The molecule has 7 aliphatic rings. The van der Waals surface area contributed by atoms with E-state index in [-0.39, 0.29) is 40.7 Å². The lowest BCUT2D eigenvalue weighted by Gasteiger charge is -2.63. The molecule has 2 aliphatic heterocycles. The summed E-state index contributed by atoms with van der Waals surface area (Å²) in [4.78, 5) is 26.9. The molecule has 7 fully saturated rings. The number of morpholine rings is 1. The minimum Gasteiger partial charge on any atom is -0.444 e. The van der Waals surface area contributed by atoms with Gasteiger partial charge in [0.1, 0.15) is 5.60 Å². The summed E-state index contributed by atoms with van der Waals surface area (Å²) < 4.78 is 31.5. The summed E-state index contributed by atoms with van der Waals surface area (Å²) in [7, 11) is 1.60. The predicted octanol–water partition coefficient (Wildman–Crippen LogP) is 8.11. The second-order valence-electron chi connectivity index (χ2n) is 19.8. The number of carbonyl (C=O) groups is 2. The van der Waals surface area contributed by atoms with Gasteiger partial charge in [0.15, 0.2) is 12.4 Å². The third-order valence-corrected chi connectivity index (χ3v) is 15.9. The van der Waals surface area contributed by atoms with Gasteiger partial charge in [0, 0.05) is 13.6 Å². The highest BCUT2D eigenvalue weighted by molar-refractivity contribution is 5.68. The number of rotatable bonds is 5. The van der Waals surface area contributed by atoms with E-state index in [0.717, 1.165) is 24.8 Å². The van der Waals surface area contributed by atoms with Crippen LogP contribution in [-0.2, 0) is 23.7 Å². The monoisotopic (exact) mass is 698 g/mol. The van der Waals surface area contributed by atoms with E-state index in [2.05, 4.69) is 46.5 Å². The number of nitrogens with one attached hydrogen (secondary N) is 1. The van der Waals surface area contributed by atoms with Gasteiger partial charge >= 0.3 is 12.2 Å². The van der Waals surface area contributed by atoms with Crippen molar-refractivity contribution in [3.63, 3.8) is 0 Å². The number of amides is 2. The Morgan fingerprint density at radius 2 is 1.70 bits per heavy atom. The highest BCUT2D eigenvalue weighted by Gasteiger charge is 2.83. The van der Waals surface area contributed by atoms with Crippen molar-refractivity contribution in [2.75, 3.05) is 26.7 Å². The zero-order valence-corrected chi connectivity index (χ0v) is 32.7. The first-order valence-electron chi connectivity index (χ1n) is 19.8. The molecule has 5 saturated carbocycles. The summed E-state index contributed by atoms with van der Waals surface area (Å²) >= 11 is 0. The van der Waals surface area contributed by atoms with Crippen molar-refractivity contribution < 1.29 is 33.3 Å². The second-order valence-corrected chi connectivity index (χ2v) is 19.8. The largest absolute Gasteiger partial charge is 0.444 e. The lowest BCUT2D eigenvalue weighted by molar-refractivity contribution is -0.245. The molecule has 0 aromatic heterocycles. The van der Waals surface area contributed by atoms with Gasteiger partial charge in [-0.15, -0.1) is 0 Å². The van der Waals surface area contributed by atoms with Gasteiger partial charge in [-0.05, 0) is 142 Å². The first-order valence-corrected chi connectivity index (χ1v) is 19.8. The smallest absolute Gasteiger partial charge is 0.410 e. The van der Waals surface area contributed by atoms with E-state index in [1.807, 2.05) is 27.7 Å². The van der Waals surface area contributed by atoms with Crippen molar-refractivity contribution in [3.05, 3.63) is 12.2 Å². The van der Waals surface area contributed by atoms with Gasteiger partial charge in [0.05, 0.1) is 31.5 Å². The quantitative estimate of drug-likeness (QED) is 0.290. The maximum atomic E-state index is 12.9. The molecular formula is C41H66N2O7. The van der Waals surface area contributed by atoms with Crippen LogP contribution in [0.15, 0.2) is 12.2 Å². The lowest BCUT2D eigenvalue weighted by atomic mass is 9.41. The van der Waals surface area contributed by atoms with E-state index in [1.54, 1.807) is 11.9 Å². The molecule has 2 spiro atoms. The molecule has 2 heterocycles. The maximum absolute atomic E-state index is 12.9. The summed E-state index contributed by atoms with van der Waals surface area (Å²) in [5, 5.41) is 2.61. The molecule has 0 radical (unpaired) electrons. The summed E-state index contributed by atoms with van der Waals surface area (Å²) in [5.74, 6) is 2.31. The SMILES string of the molecule is C=C(C)[C@@H](OC(=O)NC)C1C[C@@H](C)[C@H]2C(C[C@@]3(C)C4CC[C@H]5C(C)(C)[C@@H](OC6CN(C(=O)OC(C)(C)C)CCO6)CCC56C[C@@]46CC[C@]23C)O1. The topological polar surface area (TPSA) is 95.6 Å². The van der Waals surface area contributed by atoms with E-state index >= 15 is 0 Å². The normalized spacial score (nSPS) is 46.6. The van der Waals surface area contributed by atoms with Crippen molar-refractivity contribution in [1.82, 2.24) is 10.2 Å². The number of alkyl carbamates (subject to hydrolysis) is 1. The highest BCUT2D eigenvalue weighted by atomic mass is 16.7. The van der Waals surface area contributed by atoms with Crippen LogP contribution in [0.5, 0.6) is 0 Å². The Hall–Kier alpha value is -1.84. The van der Waals surface area contributed by atoms with E-state index in [9.17, 15) is 9.59 Å². The molecule has 7 rings (SSSR count). The standard InChI is InChI=1S/C41H66N2O7/c1-24(2)33(49-34(44)42-11)26-20-25(3)32-27(47-26)21-39(10)29-13-12-28-37(7,8)30(14-15-40(28)23-41(29,40)17-16-38(32,39)9)48-31-22-43(18-19-46-31)35(45)50-36(4,5)6/h25-33H,1,12-23H2,2-11H3,(H,42,44)/t25-,26?,27?,28+,29?,30+,31?,32+,33-,38-,39+,40?,41+/m1/s1. The number of hydrogen-bond acceptors (Lipinski definition) is 7. The first-order chi connectivity index (χ1) is 23.3. The van der Waals surface area contributed by atoms with E-state index in [1.165, 1.54) is 38.5 Å². The van der Waals surface area contributed by atoms with Crippen molar-refractivity contribution in [2.45, 2.75) is 156 Å². The van der Waals surface area contributed by atoms with Crippen molar-refractivity contribution in [1.29, 1.82) is 0 Å². The molecule has 9 nitrogen and oxygen atoms in total. The van der Waals surface area contributed by atoms with Gasteiger partial charge in [-0.1, -0.05) is 41.2 Å². The number of fused-ring (bicyclic) bond motifs is 4. The molecule has 282 valence electrons. The Morgan fingerprint density at radius 3 is 2.38 bits per heavy atom. The van der Waals surface area contributed by atoms with Crippen LogP contribution in [0.4, 0.5) is 9.59 Å². The third kappa shape index (κ3) is 5.39. The molecular weight excluding hydrogens is 632 g/mol. The van der Waals surface area contributed by atoms with Crippen LogP contribution < -0.4 is 5.32 Å². The number of ether oxygens (including phenoxy) is 5. The Bertz CT molecular complexity index is 1380. The molecule has 0 aromatic rings. The molecule has 13 atom stereocenters. The van der Waals surface area contributed by atoms with E-state index < -0.39 is 24.1 Å². The Labute approximate surface area is 301 Å². The van der Waals surface area contributed by atoms with Gasteiger partial charge in [-0.25, -0.2) is 9.59 Å². The molecule has 5 aliphatic carbocycles. The predicted molar refractivity (Wildman–Crippen MR) is 191 cm³/mol. The van der Waals surface area contributed by atoms with Crippen LogP contribution in [0.3, 0.4) is 0 Å². The molecule has 9 heteroatoms. The minimum absolute atomic E-state index is 0.0166. The van der Waals surface area contributed by atoms with Gasteiger partial charge in [0.2, 0.25) is 0 Å². The van der Waals surface area contributed by atoms with Crippen LogP contribution >= 0.6 is 0 Å². The first kappa shape index (κ1) is 36.5. The summed E-state index contributed by atoms with van der Waals surface area (Å²) in [6.45, 7) is 25.8. The van der Waals surface area contributed by atoms with E-state index in [0.29, 0.717) is 54.2 Å². The van der Waals surface area contributed by atoms with Gasteiger partial charge in [-0.3, -0.25) is 0 Å². The minimum atomic E-state index is -0.529. The fourth-order valence-electron chi connectivity index (χ4n) is 13.8. The van der Waals surface area contributed by atoms with Crippen molar-refractivity contribution in [2.24, 2.45) is 50.7 Å². The van der Waals surface area contributed by atoms with Crippen LogP contribution in [0.25, 0.3) is 0 Å². The molecule has 50 heavy (non-hydrogen) atoms. The lowest BCUT2D eigenvalue weighted by Crippen LogP contribution is -2.59. The third-order valence-electron chi connectivity index (χ3n) is 15.9. The summed E-state index contributed by atoms with van der Waals surface area (Å²) in [6, 6.07) is 0. The highest BCUT2D eigenvalue weighted by Crippen LogP contribution is 2.89. The van der Waals surface area contributed by atoms with Crippen LogP contribution in [0.1, 0.15) is 120 Å². The molecule has 2 saturated heterocycles. The second kappa shape index (κ2) is 12.1. The van der Waals surface area contributed by atoms with Gasteiger partial charge in [0.25, 0.3) is 0 Å². The maximum Gasteiger partial charge on any atom is 0.410 e. The molecule has 0 bridgehead atoms. The fourth-order valence-corrected chi connectivity index (χ4v) is 13.8. The Balaban J connectivity index is 1.07. The van der Waals surface area contributed by atoms with E-state index in [4.69, 9.17) is 23.7 Å². The van der Waals surface area contributed by atoms with Crippen molar-refractivity contribution >= 4 is 12.2 Å². The summed E-state index contributed by atoms with van der Waals surface area (Å²) in [5.41, 5.74) is 1.54. The zero-order chi connectivity index (χ0) is 36.2. The van der Waals surface area contributed by atoms with Crippen LogP contribution in [0, 0.1) is 50.7 Å². The summed E-state index contributed by atoms with van der Waals surface area (Å²) in [6.07, 6.45) is 9.23. The van der Waals surface area contributed by atoms with Crippen LogP contribution in [-0.4, -0.2) is 80.1 Å². The zero-order valence-electron chi connectivity index (χ0n) is 32.7. The number of nitrogens with zero attached hydrogens (tertiary/aromatic N) is 1. The van der Waals surface area contributed by atoms with Gasteiger partial charge < -0.3 is 33.9 Å². The molecule has 2 amide bonds. The average molecular weight is 699 g/mol. The fraction of sp³-hybridized carbons (Fsp3) is 0.902. The average Bonchev–Trinajstić information content (AvgIpc) is 3.63. The molecule has 1 N–H and O–H groups in total.